The lowest BCUT2D eigenvalue weighted by Crippen LogP contribution is -2.17. The van der Waals surface area contributed by atoms with Gasteiger partial charge in [0.1, 0.15) is 11.5 Å². The number of nitro benzene ring substituents is 1. The quantitative estimate of drug-likeness (QED) is 0.267. The molecule has 2 aromatic rings. The fourth-order valence-electron chi connectivity index (χ4n) is 1.75. The molecule has 7 heteroatoms. The Labute approximate surface area is 131 Å². The van der Waals surface area contributed by atoms with E-state index in [1.807, 2.05) is 0 Å². The molecule has 0 radical (unpaired) electrons. The molecule has 0 saturated carbocycles. The van der Waals surface area contributed by atoms with Crippen molar-refractivity contribution in [3.05, 3.63) is 64.2 Å². The van der Waals surface area contributed by atoms with Crippen molar-refractivity contribution in [1.29, 1.82) is 0 Å². The number of nitrogens with zero attached hydrogens (tertiary/aromatic N) is 1. The second-order valence-corrected chi connectivity index (χ2v) is 4.60. The summed E-state index contributed by atoms with van der Waals surface area (Å²) in [5.41, 5.74) is 0.368. The van der Waals surface area contributed by atoms with E-state index in [0.717, 1.165) is 6.07 Å². The number of ketones is 1. The van der Waals surface area contributed by atoms with Gasteiger partial charge in [0.05, 0.1) is 11.0 Å². The molecule has 0 aliphatic rings. The van der Waals surface area contributed by atoms with Crippen LogP contribution in [0.5, 0.6) is 11.5 Å². The van der Waals surface area contributed by atoms with Crippen molar-refractivity contribution in [3.63, 3.8) is 0 Å². The fraction of sp³-hybridized carbons (Fsp3) is 0.125. The lowest BCUT2D eigenvalue weighted by atomic mass is 10.1. The largest absolute Gasteiger partial charge is 0.482 e. The number of nitro groups is 1. The molecule has 0 aliphatic carbocycles. The molecule has 0 fully saturated rings. The van der Waals surface area contributed by atoms with Crippen LogP contribution < -0.4 is 9.47 Å². The third-order valence-electron chi connectivity index (χ3n) is 2.88. The molecule has 2 rings (SSSR count). The number of ether oxygens (including phenoxy) is 2. The minimum Gasteiger partial charge on any atom is -0.482 e. The summed E-state index contributed by atoms with van der Waals surface area (Å²) in [6.07, 6.45) is 0. The lowest BCUT2D eigenvalue weighted by molar-refractivity contribution is -0.384. The summed E-state index contributed by atoms with van der Waals surface area (Å²) in [5, 5.41) is 10.6. The number of Topliss-reactive ketones (excluding diaryl/α,β-unsaturated/α-hetero) is 1. The highest BCUT2D eigenvalue weighted by atomic mass is 16.6. The van der Waals surface area contributed by atoms with Crippen LogP contribution in [-0.2, 0) is 4.79 Å². The number of carbonyl (C=O) groups is 2. The Morgan fingerprint density at radius 1 is 1.09 bits per heavy atom. The highest BCUT2D eigenvalue weighted by Crippen LogP contribution is 2.19. The topological polar surface area (TPSA) is 95.7 Å². The monoisotopic (exact) mass is 315 g/mol. The first-order chi connectivity index (χ1) is 11.0. The summed E-state index contributed by atoms with van der Waals surface area (Å²) in [6, 6.07) is 11.6. The standard InChI is InChI=1S/C16H13NO6/c1-11(18)12-5-7-14(8-6-12)22-10-16(19)23-15-4-2-3-13(9-15)17(20)21/h2-9H,10H2,1H3. The first-order valence-corrected chi connectivity index (χ1v) is 6.64. The Balaban J connectivity index is 1.91. The molecule has 23 heavy (non-hydrogen) atoms. The zero-order chi connectivity index (χ0) is 16.8. The second-order valence-electron chi connectivity index (χ2n) is 4.60. The number of hydrogen-bond donors (Lipinski definition) is 0. The van der Waals surface area contributed by atoms with Gasteiger partial charge in [0.15, 0.2) is 12.4 Å². The van der Waals surface area contributed by atoms with Gasteiger partial charge in [-0.2, -0.15) is 0 Å². The van der Waals surface area contributed by atoms with E-state index >= 15 is 0 Å². The van der Waals surface area contributed by atoms with Crippen LogP contribution in [0.25, 0.3) is 0 Å². The van der Waals surface area contributed by atoms with Crippen molar-refractivity contribution >= 4 is 17.4 Å². The van der Waals surface area contributed by atoms with Crippen molar-refractivity contribution < 1.29 is 24.0 Å². The molecule has 0 N–H and O–H groups in total. The zero-order valence-corrected chi connectivity index (χ0v) is 12.2. The van der Waals surface area contributed by atoms with Crippen molar-refractivity contribution in [2.75, 3.05) is 6.61 Å². The Kier molecular flexibility index (Phi) is 5.03. The predicted octanol–water partition coefficient (Wildman–Crippen LogP) is 2.78. The summed E-state index contributed by atoms with van der Waals surface area (Å²) in [7, 11) is 0. The first-order valence-electron chi connectivity index (χ1n) is 6.64. The Hall–Kier alpha value is -3.22. The maximum Gasteiger partial charge on any atom is 0.349 e. The van der Waals surface area contributed by atoms with Gasteiger partial charge in [0.25, 0.3) is 5.69 Å². The van der Waals surface area contributed by atoms with Crippen LogP contribution in [0, 0.1) is 10.1 Å². The van der Waals surface area contributed by atoms with E-state index in [4.69, 9.17) is 9.47 Å². The van der Waals surface area contributed by atoms with Crippen molar-refractivity contribution in [2.24, 2.45) is 0 Å². The molecule has 118 valence electrons. The third-order valence-corrected chi connectivity index (χ3v) is 2.88. The smallest absolute Gasteiger partial charge is 0.349 e. The van der Waals surface area contributed by atoms with Gasteiger partial charge in [-0.3, -0.25) is 14.9 Å². The van der Waals surface area contributed by atoms with E-state index in [-0.39, 0.29) is 23.8 Å². The Morgan fingerprint density at radius 2 is 1.78 bits per heavy atom. The van der Waals surface area contributed by atoms with Gasteiger partial charge in [-0.15, -0.1) is 0 Å². The molecule has 0 saturated heterocycles. The molecule has 2 aromatic carbocycles. The summed E-state index contributed by atoms with van der Waals surface area (Å²) in [4.78, 5) is 32.9. The Bertz CT molecular complexity index is 738. The maximum atomic E-state index is 11.7. The SMILES string of the molecule is CC(=O)c1ccc(OCC(=O)Oc2cccc([N+](=O)[O-])c2)cc1. The number of rotatable bonds is 6. The van der Waals surface area contributed by atoms with Crippen LogP contribution >= 0.6 is 0 Å². The molecular weight excluding hydrogens is 302 g/mol. The number of esters is 1. The summed E-state index contributed by atoms with van der Waals surface area (Å²) >= 11 is 0. The summed E-state index contributed by atoms with van der Waals surface area (Å²) in [6.45, 7) is 1.09. The predicted molar refractivity (Wildman–Crippen MR) is 80.7 cm³/mol. The van der Waals surface area contributed by atoms with Crippen LogP contribution in [0.3, 0.4) is 0 Å². The fourth-order valence-corrected chi connectivity index (χ4v) is 1.75. The molecule has 0 aromatic heterocycles. The third kappa shape index (κ3) is 4.63. The summed E-state index contributed by atoms with van der Waals surface area (Å²) < 4.78 is 10.2. The highest BCUT2D eigenvalue weighted by Gasteiger charge is 2.11. The summed E-state index contributed by atoms with van der Waals surface area (Å²) in [5.74, 6) is -0.284. The molecule has 0 bridgehead atoms. The number of non-ortho nitro benzene ring substituents is 1. The van der Waals surface area contributed by atoms with E-state index in [1.54, 1.807) is 24.3 Å². The van der Waals surface area contributed by atoms with E-state index in [2.05, 4.69) is 0 Å². The second kappa shape index (κ2) is 7.17. The lowest BCUT2D eigenvalue weighted by Gasteiger charge is -2.07. The molecule has 0 amide bonds. The van der Waals surface area contributed by atoms with Crippen molar-refractivity contribution in [2.45, 2.75) is 6.92 Å². The van der Waals surface area contributed by atoms with Gasteiger partial charge in [-0.1, -0.05) is 6.07 Å². The average Bonchev–Trinajstić information content (AvgIpc) is 2.53. The van der Waals surface area contributed by atoms with E-state index in [9.17, 15) is 19.7 Å². The van der Waals surface area contributed by atoms with Gasteiger partial charge in [-0.25, -0.2) is 4.79 Å². The number of hydrogen-bond acceptors (Lipinski definition) is 6. The number of benzene rings is 2. The van der Waals surface area contributed by atoms with Gasteiger partial charge < -0.3 is 9.47 Å². The number of carbonyl (C=O) groups excluding carboxylic acids is 2. The molecule has 0 aliphatic heterocycles. The molecular formula is C16H13NO6. The normalized spacial score (nSPS) is 9.96. The molecule has 7 nitrogen and oxygen atoms in total. The van der Waals surface area contributed by atoms with Crippen LogP contribution in [0.1, 0.15) is 17.3 Å². The van der Waals surface area contributed by atoms with E-state index < -0.39 is 10.9 Å². The molecule has 0 spiro atoms. The van der Waals surface area contributed by atoms with Gasteiger partial charge in [0, 0.05) is 11.6 Å². The molecule has 0 atom stereocenters. The molecule has 0 unspecified atom stereocenters. The highest BCUT2D eigenvalue weighted by molar-refractivity contribution is 5.94. The van der Waals surface area contributed by atoms with Crippen LogP contribution in [0.4, 0.5) is 5.69 Å². The zero-order valence-electron chi connectivity index (χ0n) is 12.2. The maximum absolute atomic E-state index is 11.7. The van der Waals surface area contributed by atoms with Crippen LogP contribution in [-0.4, -0.2) is 23.3 Å². The van der Waals surface area contributed by atoms with Crippen molar-refractivity contribution in [1.82, 2.24) is 0 Å². The van der Waals surface area contributed by atoms with Gasteiger partial charge in [-0.05, 0) is 37.3 Å². The van der Waals surface area contributed by atoms with Gasteiger partial charge in [0.2, 0.25) is 0 Å². The minimum atomic E-state index is -0.693. The minimum absolute atomic E-state index is 0.0679. The van der Waals surface area contributed by atoms with E-state index in [1.165, 1.54) is 25.1 Å². The average molecular weight is 315 g/mol. The molecule has 0 heterocycles. The van der Waals surface area contributed by atoms with Crippen LogP contribution in [0.2, 0.25) is 0 Å². The van der Waals surface area contributed by atoms with Gasteiger partial charge >= 0.3 is 5.97 Å². The first kappa shape index (κ1) is 16.2. The van der Waals surface area contributed by atoms with E-state index in [0.29, 0.717) is 11.3 Å². The van der Waals surface area contributed by atoms with Crippen molar-refractivity contribution in [3.8, 4) is 11.5 Å². The van der Waals surface area contributed by atoms with Crippen LogP contribution in [0.15, 0.2) is 48.5 Å². The Morgan fingerprint density at radius 3 is 2.39 bits per heavy atom.